The summed E-state index contributed by atoms with van der Waals surface area (Å²) in [5, 5.41) is 7.88. The summed E-state index contributed by atoms with van der Waals surface area (Å²) >= 11 is 6.27. The number of guanidine groups is 1. The standard InChI is InChI=1S/C19H29ClN4/c1-14-11-18(14)23-19(21-2)22-12-15-7-9-24(10-8-15)13-16-5-3-4-6-17(16)20/h3-6,14-15,18H,7-13H2,1-2H3,(H2,21,22,23). The van der Waals surface area contributed by atoms with Gasteiger partial charge in [-0.15, -0.1) is 0 Å². The van der Waals surface area contributed by atoms with Gasteiger partial charge in [0, 0.05) is 31.2 Å². The maximum atomic E-state index is 6.27. The van der Waals surface area contributed by atoms with E-state index in [1.807, 2.05) is 19.2 Å². The van der Waals surface area contributed by atoms with Crippen molar-refractivity contribution in [1.29, 1.82) is 0 Å². The molecule has 2 atom stereocenters. The minimum absolute atomic E-state index is 0.619. The number of halogens is 1. The van der Waals surface area contributed by atoms with Gasteiger partial charge in [-0.2, -0.15) is 0 Å². The van der Waals surface area contributed by atoms with Crippen LogP contribution in [0.2, 0.25) is 5.02 Å². The van der Waals surface area contributed by atoms with Crippen LogP contribution in [0.1, 0.15) is 31.7 Å². The monoisotopic (exact) mass is 348 g/mol. The fourth-order valence-corrected chi connectivity index (χ4v) is 3.55. The smallest absolute Gasteiger partial charge is 0.191 e. The number of hydrogen-bond donors (Lipinski definition) is 2. The number of likely N-dealkylation sites (tertiary alicyclic amines) is 1. The van der Waals surface area contributed by atoms with E-state index >= 15 is 0 Å². The van der Waals surface area contributed by atoms with Crippen LogP contribution in [0.25, 0.3) is 0 Å². The zero-order valence-corrected chi connectivity index (χ0v) is 15.5. The van der Waals surface area contributed by atoms with Gasteiger partial charge in [0.2, 0.25) is 0 Å². The van der Waals surface area contributed by atoms with Gasteiger partial charge >= 0.3 is 0 Å². The molecule has 1 aliphatic heterocycles. The van der Waals surface area contributed by atoms with Crippen molar-refractivity contribution >= 4 is 17.6 Å². The van der Waals surface area contributed by atoms with Gasteiger partial charge in [-0.1, -0.05) is 36.7 Å². The minimum Gasteiger partial charge on any atom is -0.356 e. The molecule has 3 rings (SSSR count). The Hall–Kier alpha value is -1.26. The second kappa shape index (κ2) is 8.21. The van der Waals surface area contributed by atoms with Crippen LogP contribution >= 0.6 is 11.6 Å². The van der Waals surface area contributed by atoms with Crippen LogP contribution in [0.4, 0.5) is 0 Å². The Balaban J connectivity index is 1.38. The SMILES string of the molecule is CN=C(NCC1CCN(Cc2ccccc2Cl)CC1)NC1CC1C. The van der Waals surface area contributed by atoms with E-state index in [-0.39, 0.29) is 0 Å². The first-order chi connectivity index (χ1) is 11.7. The van der Waals surface area contributed by atoms with Gasteiger partial charge in [0.1, 0.15) is 0 Å². The molecule has 1 heterocycles. The number of piperidine rings is 1. The molecule has 0 amide bonds. The summed E-state index contributed by atoms with van der Waals surface area (Å²) in [6.45, 7) is 6.54. The highest BCUT2D eigenvalue weighted by molar-refractivity contribution is 6.31. The van der Waals surface area contributed by atoms with Crippen LogP contribution in [-0.4, -0.2) is 43.6 Å². The summed E-state index contributed by atoms with van der Waals surface area (Å²) < 4.78 is 0. The van der Waals surface area contributed by atoms with E-state index in [0.29, 0.717) is 6.04 Å². The Bertz CT molecular complexity index is 566. The van der Waals surface area contributed by atoms with E-state index in [4.69, 9.17) is 11.6 Å². The predicted octanol–water partition coefficient (Wildman–Crippen LogP) is 3.13. The first-order valence-electron chi connectivity index (χ1n) is 9.08. The lowest BCUT2D eigenvalue weighted by atomic mass is 9.96. The zero-order chi connectivity index (χ0) is 16.9. The summed E-state index contributed by atoms with van der Waals surface area (Å²) in [5.41, 5.74) is 1.24. The number of benzene rings is 1. The van der Waals surface area contributed by atoms with Crippen molar-refractivity contribution in [2.45, 2.75) is 38.8 Å². The van der Waals surface area contributed by atoms with Crippen molar-refractivity contribution < 1.29 is 0 Å². The minimum atomic E-state index is 0.619. The molecule has 1 aliphatic carbocycles. The van der Waals surface area contributed by atoms with Crippen LogP contribution < -0.4 is 10.6 Å². The van der Waals surface area contributed by atoms with Crippen LogP contribution in [-0.2, 0) is 6.54 Å². The average molecular weight is 349 g/mol. The fourth-order valence-electron chi connectivity index (χ4n) is 3.35. The number of rotatable bonds is 5. The Morgan fingerprint density at radius 1 is 1.29 bits per heavy atom. The van der Waals surface area contributed by atoms with Gasteiger partial charge in [0.05, 0.1) is 0 Å². The van der Waals surface area contributed by atoms with Gasteiger partial charge < -0.3 is 10.6 Å². The highest BCUT2D eigenvalue weighted by Crippen LogP contribution is 2.28. The molecule has 1 saturated carbocycles. The molecule has 2 fully saturated rings. The summed E-state index contributed by atoms with van der Waals surface area (Å²) in [7, 11) is 1.86. The summed E-state index contributed by atoms with van der Waals surface area (Å²) in [5.74, 6) is 2.47. The van der Waals surface area contributed by atoms with Crippen molar-refractivity contribution in [1.82, 2.24) is 15.5 Å². The molecule has 5 heteroatoms. The third-order valence-corrected chi connectivity index (χ3v) is 5.64. The van der Waals surface area contributed by atoms with Crippen LogP contribution in [0.5, 0.6) is 0 Å². The van der Waals surface area contributed by atoms with E-state index in [1.54, 1.807) is 0 Å². The maximum absolute atomic E-state index is 6.27. The van der Waals surface area contributed by atoms with E-state index in [1.165, 1.54) is 24.8 Å². The second-order valence-corrected chi connectivity index (χ2v) is 7.64. The first-order valence-corrected chi connectivity index (χ1v) is 9.46. The number of nitrogens with zero attached hydrogens (tertiary/aromatic N) is 2. The number of hydrogen-bond acceptors (Lipinski definition) is 2. The van der Waals surface area contributed by atoms with Crippen LogP contribution in [0.15, 0.2) is 29.3 Å². The topological polar surface area (TPSA) is 39.7 Å². The third-order valence-electron chi connectivity index (χ3n) is 5.27. The summed E-state index contributed by atoms with van der Waals surface area (Å²) in [6, 6.07) is 8.79. The molecule has 2 aliphatic rings. The van der Waals surface area contributed by atoms with E-state index in [9.17, 15) is 0 Å². The van der Waals surface area contributed by atoms with Crippen molar-refractivity contribution in [3.63, 3.8) is 0 Å². The van der Waals surface area contributed by atoms with E-state index in [0.717, 1.165) is 49.0 Å². The Morgan fingerprint density at radius 2 is 2.00 bits per heavy atom. The predicted molar refractivity (Wildman–Crippen MR) is 102 cm³/mol. The summed E-state index contributed by atoms with van der Waals surface area (Å²) in [4.78, 5) is 6.85. The third kappa shape index (κ3) is 4.87. The molecule has 2 unspecified atom stereocenters. The van der Waals surface area contributed by atoms with Crippen LogP contribution in [0.3, 0.4) is 0 Å². The molecule has 4 nitrogen and oxygen atoms in total. The van der Waals surface area contributed by atoms with Crippen LogP contribution in [0, 0.1) is 11.8 Å². The number of aliphatic imine (C=N–C) groups is 1. The van der Waals surface area contributed by atoms with Gasteiger partial charge in [-0.05, 0) is 55.8 Å². The molecule has 0 aromatic heterocycles. The number of nitrogens with one attached hydrogen (secondary N) is 2. The Kier molecular flexibility index (Phi) is 6.01. The molecule has 0 bridgehead atoms. The molecule has 132 valence electrons. The molecule has 1 aromatic carbocycles. The van der Waals surface area contributed by atoms with Gasteiger partial charge in [-0.3, -0.25) is 9.89 Å². The van der Waals surface area contributed by atoms with Crippen molar-refractivity contribution in [2.75, 3.05) is 26.7 Å². The van der Waals surface area contributed by atoms with Crippen molar-refractivity contribution in [2.24, 2.45) is 16.8 Å². The zero-order valence-electron chi connectivity index (χ0n) is 14.8. The first kappa shape index (κ1) is 17.6. The highest BCUT2D eigenvalue weighted by Gasteiger charge is 2.33. The van der Waals surface area contributed by atoms with Crippen molar-refractivity contribution in [3.8, 4) is 0 Å². The van der Waals surface area contributed by atoms with E-state index in [2.05, 4.69) is 39.6 Å². The molecule has 24 heavy (non-hydrogen) atoms. The molecule has 1 saturated heterocycles. The Morgan fingerprint density at radius 3 is 2.62 bits per heavy atom. The van der Waals surface area contributed by atoms with Gasteiger partial charge in [-0.25, -0.2) is 0 Å². The lowest BCUT2D eigenvalue weighted by Crippen LogP contribution is -2.43. The van der Waals surface area contributed by atoms with E-state index < -0.39 is 0 Å². The van der Waals surface area contributed by atoms with Gasteiger partial charge in [0.15, 0.2) is 5.96 Å². The molecule has 2 N–H and O–H groups in total. The molecule has 0 spiro atoms. The average Bonchev–Trinajstić information content (AvgIpc) is 3.29. The van der Waals surface area contributed by atoms with Crippen molar-refractivity contribution in [3.05, 3.63) is 34.9 Å². The maximum Gasteiger partial charge on any atom is 0.191 e. The summed E-state index contributed by atoms with van der Waals surface area (Å²) in [6.07, 6.45) is 3.73. The normalized spacial score (nSPS) is 25.5. The lowest BCUT2D eigenvalue weighted by Gasteiger charge is -2.32. The molecule has 1 aromatic rings. The molecule has 0 radical (unpaired) electrons. The molecular formula is C19H29ClN4. The second-order valence-electron chi connectivity index (χ2n) is 7.23. The molecular weight excluding hydrogens is 320 g/mol. The highest BCUT2D eigenvalue weighted by atomic mass is 35.5. The Labute approximate surface area is 150 Å². The van der Waals surface area contributed by atoms with Gasteiger partial charge in [0.25, 0.3) is 0 Å². The lowest BCUT2D eigenvalue weighted by molar-refractivity contribution is 0.178. The fraction of sp³-hybridized carbons (Fsp3) is 0.632. The quantitative estimate of drug-likeness (QED) is 0.634. The largest absolute Gasteiger partial charge is 0.356 e.